The van der Waals surface area contributed by atoms with Gasteiger partial charge in [-0.1, -0.05) is 0 Å². The molecule has 0 radical (unpaired) electrons. The summed E-state index contributed by atoms with van der Waals surface area (Å²) in [5.41, 5.74) is 2.03. The van der Waals surface area contributed by atoms with E-state index in [-0.39, 0.29) is 6.42 Å². The Bertz CT molecular complexity index is 453. The maximum atomic E-state index is 12.9. The second kappa shape index (κ2) is 4.67. The fourth-order valence-electron chi connectivity index (χ4n) is 1.44. The van der Waals surface area contributed by atoms with Crippen LogP contribution in [0.1, 0.15) is 16.5 Å². The molecule has 0 amide bonds. The smallest absolute Gasteiger partial charge is 0.126 e. The molecule has 1 heterocycles. The zero-order valence-electron chi connectivity index (χ0n) is 8.23. The van der Waals surface area contributed by atoms with E-state index in [2.05, 4.69) is 4.98 Å². The zero-order chi connectivity index (χ0) is 11.5. The van der Waals surface area contributed by atoms with Crippen molar-refractivity contribution in [2.24, 2.45) is 0 Å². The van der Waals surface area contributed by atoms with E-state index in [9.17, 15) is 13.9 Å². The summed E-state index contributed by atoms with van der Waals surface area (Å²) in [6.45, 7) is 0. The van der Waals surface area contributed by atoms with Gasteiger partial charge in [0, 0.05) is 18.7 Å². The first-order valence-corrected chi connectivity index (χ1v) is 5.54. The van der Waals surface area contributed by atoms with Crippen LogP contribution in [0.3, 0.4) is 0 Å². The van der Waals surface area contributed by atoms with E-state index in [1.807, 2.05) is 0 Å². The van der Waals surface area contributed by atoms with E-state index in [1.165, 1.54) is 23.5 Å². The molecule has 0 spiro atoms. The van der Waals surface area contributed by atoms with Gasteiger partial charge in [0.15, 0.2) is 0 Å². The highest BCUT2D eigenvalue weighted by molar-refractivity contribution is 7.09. The van der Waals surface area contributed by atoms with Crippen LogP contribution in [0.4, 0.5) is 8.78 Å². The van der Waals surface area contributed by atoms with Gasteiger partial charge < -0.3 is 5.11 Å². The van der Waals surface area contributed by atoms with Crippen LogP contribution in [-0.2, 0) is 6.42 Å². The Morgan fingerprint density at radius 1 is 1.25 bits per heavy atom. The third-order valence-electron chi connectivity index (χ3n) is 2.13. The lowest BCUT2D eigenvalue weighted by atomic mass is 10.1. The van der Waals surface area contributed by atoms with Crippen molar-refractivity contribution in [3.63, 3.8) is 0 Å². The van der Waals surface area contributed by atoms with Gasteiger partial charge in [0.2, 0.25) is 0 Å². The molecule has 16 heavy (non-hydrogen) atoms. The molecule has 1 aromatic carbocycles. The molecule has 1 unspecified atom stereocenters. The number of aliphatic hydroxyl groups is 1. The maximum absolute atomic E-state index is 12.9. The molecule has 0 aliphatic carbocycles. The van der Waals surface area contributed by atoms with E-state index >= 15 is 0 Å². The average Bonchev–Trinajstić information content (AvgIpc) is 2.68. The van der Waals surface area contributed by atoms with Crippen LogP contribution in [0.5, 0.6) is 0 Å². The normalized spacial score (nSPS) is 12.7. The van der Waals surface area contributed by atoms with Crippen LogP contribution >= 0.6 is 11.3 Å². The predicted molar refractivity (Wildman–Crippen MR) is 57.1 cm³/mol. The molecule has 0 aliphatic heterocycles. The van der Waals surface area contributed by atoms with Crippen LogP contribution in [0.25, 0.3) is 0 Å². The number of hydrogen-bond acceptors (Lipinski definition) is 3. The minimum absolute atomic E-state index is 0.177. The van der Waals surface area contributed by atoms with Crippen molar-refractivity contribution in [2.75, 3.05) is 0 Å². The SMILES string of the molecule is OC(Cc1cc(F)cc(F)c1)c1cncs1. The first-order valence-electron chi connectivity index (χ1n) is 4.66. The van der Waals surface area contributed by atoms with Gasteiger partial charge in [0.05, 0.1) is 16.5 Å². The number of hydrogen-bond donors (Lipinski definition) is 1. The third-order valence-corrected chi connectivity index (χ3v) is 3.01. The molecule has 0 saturated heterocycles. The summed E-state index contributed by atoms with van der Waals surface area (Å²) in [6, 6.07) is 3.24. The lowest BCUT2D eigenvalue weighted by molar-refractivity contribution is 0.182. The van der Waals surface area contributed by atoms with Crippen molar-refractivity contribution < 1.29 is 13.9 Å². The minimum atomic E-state index is -0.770. The Kier molecular flexibility index (Phi) is 3.26. The van der Waals surface area contributed by atoms with E-state index in [0.29, 0.717) is 10.4 Å². The first-order chi connectivity index (χ1) is 7.65. The van der Waals surface area contributed by atoms with Gasteiger partial charge in [-0.3, -0.25) is 4.98 Å². The molecule has 0 fully saturated rings. The van der Waals surface area contributed by atoms with Crippen LogP contribution in [0.15, 0.2) is 29.9 Å². The first kappa shape index (κ1) is 11.2. The molecule has 2 rings (SSSR count). The van der Waals surface area contributed by atoms with Crippen molar-refractivity contribution in [3.05, 3.63) is 52.0 Å². The van der Waals surface area contributed by atoms with Gasteiger partial charge in [-0.05, 0) is 17.7 Å². The van der Waals surface area contributed by atoms with Gasteiger partial charge >= 0.3 is 0 Å². The summed E-state index contributed by atoms with van der Waals surface area (Å²) >= 11 is 1.31. The van der Waals surface area contributed by atoms with Gasteiger partial charge in [0.25, 0.3) is 0 Å². The van der Waals surface area contributed by atoms with Gasteiger partial charge in [-0.15, -0.1) is 11.3 Å². The van der Waals surface area contributed by atoms with Crippen molar-refractivity contribution in [2.45, 2.75) is 12.5 Å². The van der Waals surface area contributed by atoms with Crippen LogP contribution in [0.2, 0.25) is 0 Å². The maximum Gasteiger partial charge on any atom is 0.126 e. The molecule has 0 bridgehead atoms. The highest BCUT2D eigenvalue weighted by Crippen LogP contribution is 2.22. The summed E-state index contributed by atoms with van der Waals surface area (Å²) in [7, 11) is 0. The molecule has 0 aliphatic rings. The number of nitrogens with zero attached hydrogens (tertiary/aromatic N) is 1. The summed E-state index contributed by atoms with van der Waals surface area (Å²) in [5.74, 6) is -1.27. The van der Waals surface area contributed by atoms with Crippen molar-refractivity contribution in [1.82, 2.24) is 4.98 Å². The molecular weight excluding hydrogens is 232 g/mol. The van der Waals surface area contributed by atoms with Crippen LogP contribution in [-0.4, -0.2) is 10.1 Å². The largest absolute Gasteiger partial charge is 0.387 e. The molecule has 84 valence electrons. The minimum Gasteiger partial charge on any atom is -0.387 e. The third kappa shape index (κ3) is 2.62. The predicted octanol–water partition coefficient (Wildman–Crippen LogP) is 2.70. The molecule has 2 nitrogen and oxygen atoms in total. The van der Waals surface area contributed by atoms with Crippen molar-refractivity contribution >= 4 is 11.3 Å². The Balaban J connectivity index is 2.15. The van der Waals surface area contributed by atoms with E-state index in [4.69, 9.17) is 0 Å². The number of rotatable bonds is 3. The summed E-state index contributed by atoms with van der Waals surface area (Å²) in [5, 5.41) is 9.77. The van der Waals surface area contributed by atoms with E-state index in [1.54, 1.807) is 11.7 Å². The molecular formula is C11H9F2NOS. The number of halogens is 2. The second-order valence-corrected chi connectivity index (χ2v) is 4.32. The Morgan fingerprint density at radius 2 is 1.94 bits per heavy atom. The van der Waals surface area contributed by atoms with Crippen LogP contribution < -0.4 is 0 Å². The summed E-state index contributed by atoms with van der Waals surface area (Å²) < 4.78 is 25.8. The molecule has 5 heteroatoms. The standard InChI is InChI=1S/C11H9F2NOS/c12-8-1-7(2-9(13)4-8)3-10(15)11-5-14-6-16-11/h1-2,4-6,10,15H,3H2. The molecule has 0 saturated carbocycles. The highest BCUT2D eigenvalue weighted by Gasteiger charge is 2.11. The lowest BCUT2D eigenvalue weighted by Gasteiger charge is -2.08. The quantitative estimate of drug-likeness (QED) is 0.896. The fourth-order valence-corrected chi connectivity index (χ4v) is 2.05. The topological polar surface area (TPSA) is 33.1 Å². The molecule has 2 aromatic rings. The fraction of sp³-hybridized carbons (Fsp3) is 0.182. The summed E-state index contributed by atoms with van der Waals surface area (Å²) in [4.78, 5) is 4.52. The van der Waals surface area contributed by atoms with Crippen LogP contribution in [0, 0.1) is 11.6 Å². The lowest BCUT2D eigenvalue weighted by Crippen LogP contribution is -2.00. The molecule has 1 N–H and O–H groups in total. The second-order valence-electron chi connectivity index (χ2n) is 3.40. The zero-order valence-corrected chi connectivity index (χ0v) is 9.05. The van der Waals surface area contributed by atoms with Crippen molar-refractivity contribution in [1.29, 1.82) is 0 Å². The Hall–Kier alpha value is -1.33. The van der Waals surface area contributed by atoms with E-state index < -0.39 is 17.7 Å². The number of aliphatic hydroxyl groups excluding tert-OH is 1. The number of aromatic nitrogens is 1. The van der Waals surface area contributed by atoms with E-state index in [0.717, 1.165) is 6.07 Å². The Labute approximate surface area is 95.2 Å². The van der Waals surface area contributed by atoms with Gasteiger partial charge in [-0.25, -0.2) is 8.78 Å². The van der Waals surface area contributed by atoms with Gasteiger partial charge in [0.1, 0.15) is 11.6 Å². The average molecular weight is 241 g/mol. The highest BCUT2D eigenvalue weighted by atomic mass is 32.1. The Morgan fingerprint density at radius 3 is 2.50 bits per heavy atom. The van der Waals surface area contributed by atoms with Gasteiger partial charge in [-0.2, -0.15) is 0 Å². The molecule has 1 aromatic heterocycles. The number of benzene rings is 1. The monoisotopic (exact) mass is 241 g/mol. The molecule has 1 atom stereocenters. The van der Waals surface area contributed by atoms with Crippen molar-refractivity contribution in [3.8, 4) is 0 Å². The summed E-state index contributed by atoms with van der Waals surface area (Å²) in [6.07, 6.45) is 0.954. The number of thiazole rings is 1.